The van der Waals surface area contributed by atoms with Crippen LogP contribution in [0.4, 0.5) is 5.69 Å². The highest BCUT2D eigenvalue weighted by molar-refractivity contribution is 5.98. The van der Waals surface area contributed by atoms with Gasteiger partial charge < -0.3 is 16.0 Å². The van der Waals surface area contributed by atoms with Gasteiger partial charge in [-0.2, -0.15) is 0 Å². The maximum Gasteiger partial charge on any atom is 0.267 e. The predicted molar refractivity (Wildman–Crippen MR) is 85.3 cm³/mol. The molecule has 1 unspecified atom stereocenters. The quantitative estimate of drug-likeness (QED) is 0.752. The van der Waals surface area contributed by atoms with E-state index in [-0.39, 0.29) is 5.91 Å². The number of nitrogens with one attached hydrogen (secondary N) is 2. The van der Waals surface area contributed by atoms with E-state index < -0.39 is 0 Å². The maximum absolute atomic E-state index is 12.3. The normalized spacial score (nSPS) is 19.2. The smallest absolute Gasteiger partial charge is 0.267 e. The molecule has 1 amide bonds. The van der Waals surface area contributed by atoms with Gasteiger partial charge in [0, 0.05) is 29.2 Å². The van der Waals surface area contributed by atoms with E-state index in [2.05, 4.69) is 22.1 Å². The molecule has 1 fully saturated rings. The Morgan fingerprint density at radius 3 is 3.14 bits per heavy atom. The Hall–Kier alpha value is -2.01. The number of aromatic nitrogens is 1. The van der Waals surface area contributed by atoms with Gasteiger partial charge in [-0.25, -0.2) is 0 Å². The fourth-order valence-corrected chi connectivity index (χ4v) is 3.12. The fraction of sp³-hybridized carbons (Fsp3) is 0.438. The van der Waals surface area contributed by atoms with Crippen LogP contribution >= 0.6 is 0 Å². The average Bonchev–Trinajstić information content (AvgIpc) is 3.10. The summed E-state index contributed by atoms with van der Waals surface area (Å²) >= 11 is 0. The number of nitrogens with zero attached hydrogens (tertiary/aromatic N) is 1. The molecule has 1 aromatic carbocycles. The standard InChI is InChI=1S/C16H22N4O/c1-2-20-7-3-4-13(20)10-18-16(21)15-9-11-8-12(17)5-6-14(11)19-15/h5-6,8-9,13,19H,2-4,7,10,17H2,1H3,(H,18,21). The number of carbonyl (C=O) groups excluding carboxylic acids is 1. The van der Waals surface area contributed by atoms with Gasteiger partial charge >= 0.3 is 0 Å². The second-order valence-corrected chi connectivity index (χ2v) is 5.66. The van der Waals surface area contributed by atoms with Gasteiger partial charge in [-0.15, -0.1) is 0 Å². The number of H-pyrrole nitrogens is 1. The van der Waals surface area contributed by atoms with Crippen LogP contribution in [0.15, 0.2) is 24.3 Å². The minimum Gasteiger partial charge on any atom is -0.399 e. The third kappa shape index (κ3) is 2.88. The SMILES string of the molecule is CCN1CCCC1CNC(=O)c1cc2cc(N)ccc2[nH]1. The first kappa shape index (κ1) is 13.9. The van der Waals surface area contributed by atoms with Crippen LogP contribution < -0.4 is 11.1 Å². The molecule has 3 rings (SSSR count). The van der Waals surface area contributed by atoms with Crippen molar-refractivity contribution in [3.63, 3.8) is 0 Å². The number of nitrogens with two attached hydrogens (primary N) is 1. The van der Waals surface area contributed by atoms with Crippen molar-refractivity contribution >= 4 is 22.5 Å². The predicted octanol–water partition coefficient (Wildman–Crippen LogP) is 1.96. The minimum atomic E-state index is -0.0484. The van der Waals surface area contributed by atoms with Gasteiger partial charge in [-0.3, -0.25) is 9.69 Å². The fourth-order valence-electron chi connectivity index (χ4n) is 3.12. The molecule has 0 saturated carbocycles. The molecule has 4 N–H and O–H groups in total. The van der Waals surface area contributed by atoms with Crippen LogP contribution in [0.1, 0.15) is 30.3 Å². The molecule has 1 atom stereocenters. The van der Waals surface area contributed by atoms with Crippen LogP contribution in [0.25, 0.3) is 10.9 Å². The molecular weight excluding hydrogens is 264 g/mol. The van der Waals surface area contributed by atoms with E-state index in [0.717, 1.165) is 30.4 Å². The molecule has 0 spiro atoms. The van der Waals surface area contributed by atoms with Gasteiger partial charge in [-0.05, 0) is 50.2 Å². The third-order valence-electron chi connectivity index (χ3n) is 4.29. The van der Waals surface area contributed by atoms with Crippen LogP contribution in [-0.4, -0.2) is 41.5 Å². The van der Waals surface area contributed by atoms with Crippen molar-refractivity contribution < 1.29 is 4.79 Å². The molecule has 21 heavy (non-hydrogen) atoms. The highest BCUT2D eigenvalue weighted by Crippen LogP contribution is 2.19. The Kier molecular flexibility index (Phi) is 3.84. The van der Waals surface area contributed by atoms with E-state index in [1.54, 1.807) is 0 Å². The lowest BCUT2D eigenvalue weighted by Crippen LogP contribution is -2.40. The number of carbonyl (C=O) groups is 1. The van der Waals surface area contributed by atoms with Gasteiger partial charge in [0.15, 0.2) is 0 Å². The van der Waals surface area contributed by atoms with Crippen LogP contribution in [0.3, 0.4) is 0 Å². The topological polar surface area (TPSA) is 74.2 Å². The molecule has 1 saturated heterocycles. The molecule has 0 aliphatic carbocycles. The van der Waals surface area contributed by atoms with Crippen molar-refractivity contribution in [1.82, 2.24) is 15.2 Å². The molecule has 1 aliphatic rings. The summed E-state index contributed by atoms with van der Waals surface area (Å²) in [4.78, 5) is 17.8. The molecule has 112 valence electrons. The number of fused-ring (bicyclic) bond motifs is 1. The molecule has 5 nitrogen and oxygen atoms in total. The Bertz CT molecular complexity index is 649. The number of nitrogen functional groups attached to an aromatic ring is 1. The Morgan fingerprint density at radius 2 is 2.33 bits per heavy atom. The number of amides is 1. The minimum absolute atomic E-state index is 0.0484. The summed E-state index contributed by atoms with van der Waals surface area (Å²) in [6, 6.07) is 7.93. The summed E-state index contributed by atoms with van der Waals surface area (Å²) in [5, 5.41) is 4.01. The Balaban J connectivity index is 1.66. The van der Waals surface area contributed by atoms with E-state index in [9.17, 15) is 4.79 Å². The lowest BCUT2D eigenvalue weighted by Gasteiger charge is -2.22. The molecule has 0 bridgehead atoms. The van der Waals surface area contributed by atoms with Crippen LogP contribution in [0.5, 0.6) is 0 Å². The van der Waals surface area contributed by atoms with Crippen LogP contribution in [0, 0.1) is 0 Å². The lowest BCUT2D eigenvalue weighted by molar-refractivity contribution is 0.0937. The largest absolute Gasteiger partial charge is 0.399 e. The summed E-state index contributed by atoms with van der Waals surface area (Å²) in [5.74, 6) is -0.0484. The van der Waals surface area contributed by atoms with Crippen molar-refractivity contribution in [3.05, 3.63) is 30.0 Å². The van der Waals surface area contributed by atoms with Gasteiger partial charge in [0.05, 0.1) is 0 Å². The summed E-state index contributed by atoms with van der Waals surface area (Å²) < 4.78 is 0. The number of likely N-dealkylation sites (tertiary alicyclic amines) is 1. The van der Waals surface area contributed by atoms with Crippen LogP contribution in [0.2, 0.25) is 0 Å². The Morgan fingerprint density at radius 1 is 1.48 bits per heavy atom. The third-order valence-corrected chi connectivity index (χ3v) is 4.29. The Labute approximate surface area is 124 Å². The zero-order valence-electron chi connectivity index (χ0n) is 12.4. The number of anilines is 1. The van der Waals surface area contributed by atoms with Gasteiger partial charge in [-0.1, -0.05) is 6.92 Å². The van der Waals surface area contributed by atoms with E-state index >= 15 is 0 Å². The van der Waals surface area contributed by atoms with Crippen molar-refractivity contribution in [2.75, 3.05) is 25.4 Å². The monoisotopic (exact) mass is 286 g/mol. The summed E-state index contributed by atoms with van der Waals surface area (Å²) in [7, 11) is 0. The molecular formula is C16H22N4O. The van der Waals surface area contributed by atoms with Gasteiger partial charge in [0.25, 0.3) is 5.91 Å². The number of benzene rings is 1. The summed E-state index contributed by atoms with van der Waals surface area (Å²) in [5.41, 5.74) is 8.00. The zero-order valence-corrected chi connectivity index (χ0v) is 12.4. The number of hydrogen-bond acceptors (Lipinski definition) is 3. The highest BCUT2D eigenvalue weighted by Gasteiger charge is 2.23. The van der Waals surface area contributed by atoms with E-state index in [1.807, 2.05) is 24.3 Å². The molecule has 2 heterocycles. The number of rotatable bonds is 4. The summed E-state index contributed by atoms with van der Waals surface area (Å²) in [6.45, 7) is 5.07. The molecule has 1 aliphatic heterocycles. The van der Waals surface area contributed by atoms with Crippen molar-refractivity contribution in [2.24, 2.45) is 0 Å². The molecule has 2 aromatic rings. The van der Waals surface area contributed by atoms with Crippen molar-refractivity contribution in [2.45, 2.75) is 25.8 Å². The van der Waals surface area contributed by atoms with Gasteiger partial charge in [0.2, 0.25) is 0 Å². The van der Waals surface area contributed by atoms with E-state index in [1.165, 1.54) is 6.42 Å². The first-order valence-corrected chi connectivity index (χ1v) is 7.58. The maximum atomic E-state index is 12.3. The molecule has 0 radical (unpaired) electrons. The highest BCUT2D eigenvalue weighted by atomic mass is 16.1. The van der Waals surface area contributed by atoms with Crippen molar-refractivity contribution in [3.8, 4) is 0 Å². The lowest BCUT2D eigenvalue weighted by atomic mass is 10.2. The number of aromatic amines is 1. The van der Waals surface area contributed by atoms with Gasteiger partial charge in [0.1, 0.15) is 5.69 Å². The average molecular weight is 286 g/mol. The second kappa shape index (κ2) is 5.77. The summed E-state index contributed by atoms with van der Waals surface area (Å²) in [6.07, 6.45) is 2.39. The number of hydrogen-bond donors (Lipinski definition) is 3. The first-order chi connectivity index (χ1) is 10.2. The van der Waals surface area contributed by atoms with E-state index in [0.29, 0.717) is 24.0 Å². The zero-order chi connectivity index (χ0) is 14.8. The van der Waals surface area contributed by atoms with Crippen LogP contribution in [-0.2, 0) is 0 Å². The second-order valence-electron chi connectivity index (χ2n) is 5.66. The van der Waals surface area contributed by atoms with E-state index in [4.69, 9.17) is 5.73 Å². The molecule has 1 aromatic heterocycles. The molecule has 5 heteroatoms. The number of likely N-dealkylation sites (N-methyl/N-ethyl adjacent to an activating group) is 1. The van der Waals surface area contributed by atoms with Crippen molar-refractivity contribution in [1.29, 1.82) is 0 Å². The first-order valence-electron chi connectivity index (χ1n) is 7.58.